The number of carbonyl (C=O) groups is 3. The summed E-state index contributed by atoms with van der Waals surface area (Å²) in [4.78, 5) is 32.6. The first kappa shape index (κ1) is 13.6. The highest BCUT2D eigenvalue weighted by Gasteiger charge is 2.09. The fourth-order valence-electron chi connectivity index (χ4n) is 1.14. The number of carbonyl (C=O) groups excluding carboxylic acids is 2. The molecule has 3 N–H and O–H groups in total. The van der Waals surface area contributed by atoms with Crippen molar-refractivity contribution in [1.82, 2.24) is 5.32 Å². The summed E-state index contributed by atoms with van der Waals surface area (Å²) in [5, 5.41) is 12.5. The number of urea groups is 1. The van der Waals surface area contributed by atoms with Gasteiger partial charge in [0.05, 0.1) is 6.42 Å². The zero-order valence-corrected chi connectivity index (χ0v) is 9.27. The van der Waals surface area contributed by atoms with Gasteiger partial charge in [-0.2, -0.15) is 0 Å². The van der Waals surface area contributed by atoms with Gasteiger partial charge in [-0.25, -0.2) is 9.18 Å². The van der Waals surface area contributed by atoms with Gasteiger partial charge < -0.3 is 10.4 Å². The van der Waals surface area contributed by atoms with Gasteiger partial charge in [0, 0.05) is 12.1 Å². The largest absolute Gasteiger partial charge is 0.481 e. The predicted molar refractivity (Wildman–Crippen MR) is 60.4 cm³/mol. The monoisotopic (exact) mass is 254 g/mol. The molecule has 0 heterocycles. The minimum absolute atomic E-state index is 0.193. The van der Waals surface area contributed by atoms with Crippen LogP contribution in [0.15, 0.2) is 24.3 Å². The zero-order chi connectivity index (χ0) is 13.5. The number of benzene rings is 1. The normalized spacial score (nSPS) is 9.61. The summed E-state index contributed by atoms with van der Waals surface area (Å²) in [6, 6.07) is 4.31. The van der Waals surface area contributed by atoms with E-state index in [2.05, 4.69) is 5.32 Å². The number of carboxylic acids is 1. The Morgan fingerprint density at radius 3 is 2.56 bits per heavy atom. The summed E-state index contributed by atoms with van der Waals surface area (Å²) in [5.74, 6) is -2.37. The molecule has 6 nitrogen and oxygen atoms in total. The molecule has 0 bridgehead atoms. The summed E-state index contributed by atoms with van der Waals surface area (Å²) in [6.07, 6.45) is -0.662. The number of nitrogens with one attached hydrogen (secondary N) is 2. The molecule has 0 aliphatic carbocycles. The molecule has 3 amide bonds. The third-order valence-electron chi connectivity index (χ3n) is 1.90. The van der Waals surface area contributed by atoms with Gasteiger partial charge in [0.15, 0.2) is 0 Å². The molecule has 1 aromatic carbocycles. The topological polar surface area (TPSA) is 95.5 Å². The van der Waals surface area contributed by atoms with Crippen molar-refractivity contribution in [3.05, 3.63) is 30.1 Å². The minimum Gasteiger partial charge on any atom is -0.481 e. The molecular weight excluding hydrogens is 243 g/mol. The summed E-state index contributed by atoms with van der Waals surface area (Å²) in [7, 11) is 0. The molecule has 0 radical (unpaired) electrons. The Hall–Kier alpha value is -2.44. The molecule has 0 saturated carbocycles. The molecular formula is C11H11FN2O4. The number of imide groups is 1. The average Bonchev–Trinajstić information content (AvgIpc) is 2.26. The van der Waals surface area contributed by atoms with Crippen molar-refractivity contribution in [2.75, 3.05) is 5.32 Å². The van der Waals surface area contributed by atoms with Crippen LogP contribution < -0.4 is 10.6 Å². The first-order chi connectivity index (χ1) is 8.47. The molecule has 0 unspecified atom stereocenters. The van der Waals surface area contributed by atoms with Crippen LogP contribution in [0.4, 0.5) is 14.9 Å². The van der Waals surface area contributed by atoms with Crippen LogP contribution >= 0.6 is 0 Å². The highest BCUT2D eigenvalue weighted by molar-refractivity contribution is 6.01. The summed E-state index contributed by atoms with van der Waals surface area (Å²) >= 11 is 0. The van der Waals surface area contributed by atoms with Gasteiger partial charge in [-0.05, 0) is 18.2 Å². The Bertz CT molecular complexity index is 476. The van der Waals surface area contributed by atoms with Crippen LogP contribution in [0.5, 0.6) is 0 Å². The molecule has 7 heteroatoms. The van der Waals surface area contributed by atoms with Crippen LogP contribution in [0.3, 0.4) is 0 Å². The van der Waals surface area contributed by atoms with E-state index >= 15 is 0 Å². The van der Waals surface area contributed by atoms with Gasteiger partial charge in [-0.3, -0.25) is 14.9 Å². The second-order valence-electron chi connectivity index (χ2n) is 3.41. The van der Waals surface area contributed by atoms with Crippen molar-refractivity contribution in [3.8, 4) is 0 Å². The van der Waals surface area contributed by atoms with Crippen molar-refractivity contribution in [2.45, 2.75) is 12.8 Å². The van der Waals surface area contributed by atoms with E-state index in [0.717, 1.165) is 6.07 Å². The lowest BCUT2D eigenvalue weighted by molar-refractivity contribution is -0.138. The quantitative estimate of drug-likeness (QED) is 0.755. The number of halogens is 1. The van der Waals surface area contributed by atoms with Gasteiger partial charge in [0.2, 0.25) is 5.91 Å². The number of hydrogen-bond acceptors (Lipinski definition) is 3. The highest BCUT2D eigenvalue weighted by atomic mass is 19.1. The van der Waals surface area contributed by atoms with Crippen LogP contribution in [-0.2, 0) is 9.59 Å². The number of anilines is 1. The Kier molecular flexibility index (Phi) is 4.79. The van der Waals surface area contributed by atoms with E-state index in [1.54, 1.807) is 0 Å². The van der Waals surface area contributed by atoms with E-state index < -0.39 is 23.7 Å². The van der Waals surface area contributed by atoms with E-state index in [0.29, 0.717) is 0 Å². The standard InChI is InChI=1S/C11H11FN2O4/c12-7-2-1-3-8(6-7)13-11(18)14-9(15)4-5-10(16)17/h1-3,6H,4-5H2,(H,16,17)(H2,13,14,15,18). The lowest BCUT2D eigenvalue weighted by Gasteiger charge is -2.06. The number of rotatable bonds is 4. The molecule has 0 aliphatic rings. The van der Waals surface area contributed by atoms with Gasteiger partial charge >= 0.3 is 12.0 Å². The summed E-state index contributed by atoms with van der Waals surface area (Å²) in [5.41, 5.74) is 0.193. The van der Waals surface area contributed by atoms with Crippen LogP contribution in [-0.4, -0.2) is 23.0 Å². The molecule has 0 spiro atoms. The SMILES string of the molecule is O=C(O)CCC(=O)NC(=O)Nc1cccc(F)c1. The van der Waals surface area contributed by atoms with E-state index in [1.807, 2.05) is 5.32 Å². The van der Waals surface area contributed by atoms with E-state index in [9.17, 15) is 18.8 Å². The van der Waals surface area contributed by atoms with E-state index in [4.69, 9.17) is 5.11 Å². The molecule has 1 rings (SSSR count). The number of hydrogen-bond donors (Lipinski definition) is 3. The fraction of sp³-hybridized carbons (Fsp3) is 0.182. The van der Waals surface area contributed by atoms with E-state index in [1.165, 1.54) is 18.2 Å². The maximum atomic E-state index is 12.8. The Morgan fingerprint density at radius 2 is 1.94 bits per heavy atom. The Labute approximate surface area is 102 Å². The first-order valence-electron chi connectivity index (χ1n) is 5.05. The Balaban J connectivity index is 2.42. The molecule has 0 aliphatic heterocycles. The van der Waals surface area contributed by atoms with E-state index in [-0.39, 0.29) is 18.5 Å². The van der Waals surface area contributed by atoms with Crippen molar-refractivity contribution in [2.24, 2.45) is 0 Å². The third kappa shape index (κ3) is 5.06. The second kappa shape index (κ2) is 6.33. The Morgan fingerprint density at radius 1 is 1.22 bits per heavy atom. The van der Waals surface area contributed by atoms with Crippen LogP contribution in [0, 0.1) is 5.82 Å². The number of aliphatic carboxylic acids is 1. The molecule has 1 aromatic rings. The third-order valence-corrected chi connectivity index (χ3v) is 1.90. The minimum atomic E-state index is -1.13. The summed E-state index contributed by atoms with van der Waals surface area (Å²) < 4.78 is 12.8. The fourth-order valence-corrected chi connectivity index (χ4v) is 1.14. The molecule has 0 saturated heterocycles. The first-order valence-corrected chi connectivity index (χ1v) is 5.05. The van der Waals surface area contributed by atoms with Crippen LogP contribution in [0.1, 0.15) is 12.8 Å². The average molecular weight is 254 g/mol. The van der Waals surface area contributed by atoms with Gasteiger partial charge in [0.25, 0.3) is 0 Å². The van der Waals surface area contributed by atoms with Crippen molar-refractivity contribution >= 4 is 23.6 Å². The second-order valence-corrected chi connectivity index (χ2v) is 3.41. The maximum absolute atomic E-state index is 12.8. The van der Waals surface area contributed by atoms with Gasteiger partial charge in [-0.15, -0.1) is 0 Å². The molecule has 18 heavy (non-hydrogen) atoms. The maximum Gasteiger partial charge on any atom is 0.325 e. The highest BCUT2D eigenvalue weighted by Crippen LogP contribution is 2.08. The van der Waals surface area contributed by atoms with Gasteiger partial charge in [0.1, 0.15) is 5.82 Å². The molecule has 0 atom stereocenters. The lowest BCUT2D eigenvalue weighted by atomic mass is 10.3. The van der Waals surface area contributed by atoms with Crippen molar-refractivity contribution < 1.29 is 23.9 Å². The summed E-state index contributed by atoms with van der Waals surface area (Å²) in [6.45, 7) is 0. The molecule has 96 valence electrons. The molecule has 0 fully saturated rings. The lowest BCUT2D eigenvalue weighted by Crippen LogP contribution is -2.34. The van der Waals surface area contributed by atoms with Crippen molar-refractivity contribution in [1.29, 1.82) is 0 Å². The van der Waals surface area contributed by atoms with Crippen LogP contribution in [0.25, 0.3) is 0 Å². The number of amides is 3. The van der Waals surface area contributed by atoms with Crippen LogP contribution in [0.2, 0.25) is 0 Å². The van der Waals surface area contributed by atoms with Crippen molar-refractivity contribution in [3.63, 3.8) is 0 Å². The predicted octanol–water partition coefficient (Wildman–Crippen LogP) is 1.34. The zero-order valence-electron chi connectivity index (χ0n) is 9.27. The van der Waals surface area contributed by atoms with Gasteiger partial charge in [-0.1, -0.05) is 6.07 Å². The molecule has 0 aromatic heterocycles. The smallest absolute Gasteiger partial charge is 0.325 e. The number of carboxylic acid groups (broad SMARTS) is 1.